The molecule has 1 saturated carbocycles. The van der Waals surface area contributed by atoms with Crippen LogP contribution in [-0.4, -0.2) is 24.5 Å². The molecule has 5 nitrogen and oxygen atoms in total. The summed E-state index contributed by atoms with van der Waals surface area (Å²) in [4.78, 5) is 17.3. The van der Waals surface area contributed by atoms with Gasteiger partial charge < -0.3 is 4.57 Å². The molecule has 0 radical (unpaired) electrons. The Labute approximate surface area is 147 Å². The van der Waals surface area contributed by atoms with Crippen LogP contribution in [0.1, 0.15) is 43.0 Å². The summed E-state index contributed by atoms with van der Waals surface area (Å²) in [6.45, 7) is 1.73. The smallest absolute Gasteiger partial charge is 0.197 e. The second kappa shape index (κ2) is 5.52. The lowest BCUT2D eigenvalue weighted by Crippen LogP contribution is -2.11. The van der Waals surface area contributed by atoms with Gasteiger partial charge in [0.15, 0.2) is 11.3 Å². The standard InChI is InChI=1S/C19H15F2N5/c1-10(16-13(20)7-14-12(17(16)21)3-2-6-22-14)26-9-24-18-19(26)25-15(8-23-18)11-4-5-11/h2-3,6-11H,4-5H2,1H3. The Morgan fingerprint density at radius 3 is 2.85 bits per heavy atom. The predicted molar refractivity (Wildman–Crippen MR) is 92.8 cm³/mol. The predicted octanol–water partition coefficient (Wildman–Crippen LogP) is 4.14. The zero-order valence-electron chi connectivity index (χ0n) is 14.0. The summed E-state index contributed by atoms with van der Waals surface area (Å²) in [5, 5.41) is 0.296. The van der Waals surface area contributed by atoms with Crippen LogP contribution < -0.4 is 0 Å². The molecule has 0 amide bonds. The van der Waals surface area contributed by atoms with Gasteiger partial charge in [-0.2, -0.15) is 0 Å². The first-order valence-corrected chi connectivity index (χ1v) is 8.55. The fraction of sp³-hybridized carbons (Fsp3) is 0.263. The molecule has 26 heavy (non-hydrogen) atoms. The third-order valence-corrected chi connectivity index (χ3v) is 4.97. The first kappa shape index (κ1) is 15.3. The van der Waals surface area contributed by atoms with Gasteiger partial charge >= 0.3 is 0 Å². The third-order valence-electron chi connectivity index (χ3n) is 4.97. The maximum absolute atomic E-state index is 15.0. The lowest BCUT2D eigenvalue weighted by Gasteiger charge is -2.17. The van der Waals surface area contributed by atoms with Crippen LogP contribution >= 0.6 is 0 Å². The van der Waals surface area contributed by atoms with Crippen molar-refractivity contribution in [1.82, 2.24) is 24.5 Å². The lowest BCUT2D eigenvalue weighted by molar-refractivity contribution is 0.516. The van der Waals surface area contributed by atoms with Gasteiger partial charge in [-0.15, -0.1) is 0 Å². The molecule has 1 aromatic carbocycles. The van der Waals surface area contributed by atoms with Gasteiger partial charge in [0.25, 0.3) is 0 Å². The number of nitrogens with zero attached hydrogens (tertiary/aromatic N) is 5. The van der Waals surface area contributed by atoms with Crippen LogP contribution in [0.15, 0.2) is 36.9 Å². The van der Waals surface area contributed by atoms with Crippen LogP contribution in [-0.2, 0) is 0 Å². The SMILES string of the molecule is CC(c1c(F)cc2ncccc2c1F)n1cnc2ncc(C3CC3)nc21. The highest BCUT2D eigenvalue weighted by atomic mass is 19.1. The minimum atomic E-state index is -0.630. The van der Waals surface area contributed by atoms with E-state index in [2.05, 4.69) is 19.9 Å². The molecule has 1 fully saturated rings. The van der Waals surface area contributed by atoms with Gasteiger partial charge in [0.05, 0.1) is 29.8 Å². The maximum atomic E-state index is 15.0. The van der Waals surface area contributed by atoms with Crippen molar-refractivity contribution < 1.29 is 8.78 Å². The molecular formula is C19H15F2N5. The maximum Gasteiger partial charge on any atom is 0.197 e. The van der Waals surface area contributed by atoms with Crippen LogP contribution in [0.3, 0.4) is 0 Å². The number of rotatable bonds is 3. The minimum Gasteiger partial charge on any atom is -0.306 e. The van der Waals surface area contributed by atoms with E-state index in [0.29, 0.717) is 28.1 Å². The van der Waals surface area contributed by atoms with E-state index in [1.807, 2.05) is 0 Å². The Morgan fingerprint density at radius 1 is 1.19 bits per heavy atom. The average Bonchev–Trinajstić information content (AvgIpc) is 3.40. The van der Waals surface area contributed by atoms with E-state index in [-0.39, 0.29) is 5.56 Å². The highest BCUT2D eigenvalue weighted by Gasteiger charge is 2.27. The molecule has 1 aliphatic rings. The highest BCUT2D eigenvalue weighted by Crippen LogP contribution is 2.39. The van der Waals surface area contributed by atoms with Crippen LogP contribution in [0.4, 0.5) is 8.78 Å². The molecule has 0 spiro atoms. The minimum absolute atomic E-state index is 0.0246. The number of halogens is 2. The largest absolute Gasteiger partial charge is 0.306 e. The van der Waals surface area contributed by atoms with E-state index in [0.717, 1.165) is 18.5 Å². The number of benzene rings is 1. The fourth-order valence-corrected chi connectivity index (χ4v) is 3.37. The molecule has 3 heterocycles. The Balaban J connectivity index is 1.68. The molecule has 0 aliphatic heterocycles. The van der Waals surface area contributed by atoms with Gasteiger partial charge in [0, 0.05) is 29.1 Å². The van der Waals surface area contributed by atoms with Crippen molar-refractivity contribution >= 4 is 22.2 Å². The molecule has 5 rings (SSSR count). The van der Waals surface area contributed by atoms with Crippen molar-refractivity contribution in [3.05, 3.63) is 59.8 Å². The van der Waals surface area contributed by atoms with Gasteiger partial charge in [0.1, 0.15) is 11.6 Å². The van der Waals surface area contributed by atoms with E-state index >= 15 is 4.39 Å². The van der Waals surface area contributed by atoms with Gasteiger partial charge in [-0.1, -0.05) is 0 Å². The summed E-state index contributed by atoms with van der Waals surface area (Å²) in [6.07, 6.45) is 7.00. The van der Waals surface area contributed by atoms with Gasteiger partial charge in [0.2, 0.25) is 0 Å². The zero-order chi connectivity index (χ0) is 17.8. The Bertz CT molecular complexity index is 1150. The van der Waals surface area contributed by atoms with Gasteiger partial charge in [-0.05, 0) is 31.9 Å². The second-order valence-electron chi connectivity index (χ2n) is 6.70. The summed E-state index contributed by atoms with van der Waals surface area (Å²) in [6, 6.07) is 3.89. The summed E-state index contributed by atoms with van der Waals surface area (Å²) in [5.41, 5.74) is 2.21. The molecule has 1 atom stereocenters. The van der Waals surface area contributed by atoms with Gasteiger partial charge in [-0.3, -0.25) is 4.98 Å². The van der Waals surface area contributed by atoms with Crippen molar-refractivity contribution in [3.8, 4) is 0 Å². The molecule has 1 aliphatic carbocycles. The number of hydrogen-bond acceptors (Lipinski definition) is 4. The third kappa shape index (κ3) is 2.27. The van der Waals surface area contributed by atoms with E-state index < -0.39 is 17.7 Å². The molecular weight excluding hydrogens is 336 g/mol. The number of pyridine rings is 1. The molecule has 3 aromatic heterocycles. The topological polar surface area (TPSA) is 56.5 Å². The van der Waals surface area contributed by atoms with Crippen LogP contribution in [0.2, 0.25) is 0 Å². The van der Waals surface area contributed by atoms with Crippen LogP contribution in [0.5, 0.6) is 0 Å². The van der Waals surface area contributed by atoms with Crippen molar-refractivity contribution in [2.45, 2.75) is 31.7 Å². The molecule has 7 heteroatoms. The average molecular weight is 351 g/mol. The number of imidazole rings is 1. The summed E-state index contributed by atoms with van der Waals surface area (Å²) < 4.78 is 31.4. The quantitative estimate of drug-likeness (QED) is 0.557. The van der Waals surface area contributed by atoms with Crippen molar-refractivity contribution in [1.29, 1.82) is 0 Å². The normalized spacial score (nSPS) is 15.7. The summed E-state index contributed by atoms with van der Waals surface area (Å²) in [5.74, 6) is -0.797. The second-order valence-corrected chi connectivity index (χ2v) is 6.70. The lowest BCUT2D eigenvalue weighted by atomic mass is 10.0. The molecule has 0 bridgehead atoms. The van der Waals surface area contributed by atoms with E-state index in [1.165, 1.54) is 12.3 Å². The van der Waals surface area contributed by atoms with Gasteiger partial charge in [-0.25, -0.2) is 23.7 Å². The molecule has 0 N–H and O–H groups in total. The van der Waals surface area contributed by atoms with E-state index in [4.69, 9.17) is 0 Å². The van der Waals surface area contributed by atoms with Crippen molar-refractivity contribution in [2.24, 2.45) is 0 Å². The molecule has 4 aromatic rings. The Kier molecular flexibility index (Phi) is 3.25. The zero-order valence-corrected chi connectivity index (χ0v) is 14.0. The number of fused-ring (bicyclic) bond motifs is 2. The van der Waals surface area contributed by atoms with E-state index in [1.54, 1.807) is 36.1 Å². The monoisotopic (exact) mass is 351 g/mol. The fourth-order valence-electron chi connectivity index (χ4n) is 3.37. The van der Waals surface area contributed by atoms with Crippen LogP contribution in [0.25, 0.3) is 22.2 Å². The molecule has 1 unspecified atom stereocenters. The van der Waals surface area contributed by atoms with Crippen LogP contribution in [0, 0.1) is 11.6 Å². The number of hydrogen-bond donors (Lipinski definition) is 0. The summed E-state index contributed by atoms with van der Waals surface area (Å²) >= 11 is 0. The molecule has 0 saturated heterocycles. The van der Waals surface area contributed by atoms with Crippen molar-refractivity contribution in [3.63, 3.8) is 0 Å². The highest BCUT2D eigenvalue weighted by molar-refractivity contribution is 5.80. The first-order valence-electron chi connectivity index (χ1n) is 8.55. The first-order chi connectivity index (χ1) is 12.6. The molecule has 130 valence electrons. The van der Waals surface area contributed by atoms with Crippen molar-refractivity contribution in [2.75, 3.05) is 0 Å². The summed E-state index contributed by atoms with van der Waals surface area (Å²) in [7, 11) is 0. The Morgan fingerprint density at radius 2 is 2.04 bits per heavy atom. The number of aromatic nitrogens is 5. The van der Waals surface area contributed by atoms with E-state index in [9.17, 15) is 4.39 Å². The Hall–Kier alpha value is -2.96.